The number of hydrogen-bond acceptors (Lipinski definition) is 5. The molecule has 0 unspecified atom stereocenters. The molecule has 6 nitrogen and oxygen atoms in total. The van der Waals surface area contributed by atoms with Crippen LogP contribution in [0.15, 0.2) is 51.7 Å². The van der Waals surface area contributed by atoms with Gasteiger partial charge in [-0.25, -0.2) is 4.79 Å². The van der Waals surface area contributed by atoms with Crippen molar-refractivity contribution in [1.29, 1.82) is 0 Å². The van der Waals surface area contributed by atoms with Gasteiger partial charge in [-0.15, -0.1) is 13.2 Å². The highest BCUT2D eigenvalue weighted by molar-refractivity contribution is 5.92. The van der Waals surface area contributed by atoms with Crippen LogP contribution >= 0.6 is 0 Å². The number of amides is 1. The van der Waals surface area contributed by atoms with Crippen molar-refractivity contribution in [1.82, 2.24) is 0 Å². The second-order valence-corrected chi connectivity index (χ2v) is 7.47. The molecule has 1 N–H and O–H groups in total. The number of anilines is 1. The van der Waals surface area contributed by atoms with E-state index >= 15 is 0 Å². The van der Waals surface area contributed by atoms with E-state index in [4.69, 9.17) is 9.15 Å². The summed E-state index contributed by atoms with van der Waals surface area (Å²) in [6.45, 7) is -0.332. The molecule has 0 spiro atoms. The van der Waals surface area contributed by atoms with Crippen LogP contribution in [0, 0.1) is 0 Å². The number of ether oxygens (including phenoxy) is 2. The minimum absolute atomic E-state index is 0.292. The van der Waals surface area contributed by atoms with Crippen molar-refractivity contribution in [2.45, 2.75) is 38.5 Å². The van der Waals surface area contributed by atoms with Gasteiger partial charge in [-0.1, -0.05) is 6.42 Å². The van der Waals surface area contributed by atoms with Crippen molar-refractivity contribution in [3.63, 3.8) is 0 Å². The molecule has 3 aromatic rings. The van der Waals surface area contributed by atoms with Crippen molar-refractivity contribution >= 4 is 22.6 Å². The Balaban J connectivity index is 1.40. The van der Waals surface area contributed by atoms with Crippen LogP contribution in [0.4, 0.5) is 18.9 Å². The Kier molecular flexibility index (Phi) is 6.07. The number of carbonyl (C=O) groups is 1. The number of rotatable bonds is 5. The van der Waals surface area contributed by atoms with E-state index in [0.717, 1.165) is 60.7 Å². The Morgan fingerprint density at radius 1 is 0.969 bits per heavy atom. The Bertz CT molecular complexity index is 1190. The summed E-state index contributed by atoms with van der Waals surface area (Å²) < 4.78 is 51.4. The summed E-state index contributed by atoms with van der Waals surface area (Å²) >= 11 is 0. The highest BCUT2D eigenvalue weighted by atomic mass is 19.4. The number of aryl methyl sites for hydroxylation is 1. The summed E-state index contributed by atoms with van der Waals surface area (Å²) in [4.78, 5) is 24.5. The van der Waals surface area contributed by atoms with Gasteiger partial charge in [0.15, 0.2) is 6.61 Å². The van der Waals surface area contributed by atoms with E-state index in [1.165, 1.54) is 12.1 Å². The van der Waals surface area contributed by atoms with Crippen LogP contribution in [-0.2, 0) is 17.6 Å². The number of halogens is 3. The predicted molar refractivity (Wildman–Crippen MR) is 111 cm³/mol. The molecule has 0 bridgehead atoms. The lowest BCUT2D eigenvalue weighted by Gasteiger charge is -2.11. The van der Waals surface area contributed by atoms with E-state index in [1.54, 1.807) is 12.1 Å². The fraction of sp³-hybridized carbons (Fsp3) is 0.304. The van der Waals surface area contributed by atoms with E-state index in [1.807, 2.05) is 6.07 Å². The molecule has 168 valence electrons. The predicted octanol–water partition coefficient (Wildman–Crippen LogP) is 4.98. The van der Waals surface area contributed by atoms with Gasteiger partial charge < -0.3 is 19.2 Å². The normalized spacial score (nSPS) is 13.8. The van der Waals surface area contributed by atoms with Crippen LogP contribution in [0.5, 0.6) is 11.5 Å². The molecule has 0 saturated carbocycles. The zero-order chi connectivity index (χ0) is 22.7. The second kappa shape index (κ2) is 8.94. The summed E-state index contributed by atoms with van der Waals surface area (Å²) in [5.41, 5.74) is 2.14. The van der Waals surface area contributed by atoms with E-state index in [2.05, 4.69) is 10.1 Å². The van der Waals surface area contributed by atoms with E-state index < -0.39 is 12.3 Å². The zero-order valence-corrected chi connectivity index (χ0v) is 17.0. The highest BCUT2D eigenvalue weighted by Crippen LogP contribution is 2.29. The maximum Gasteiger partial charge on any atom is 0.573 e. The molecule has 1 aliphatic carbocycles. The van der Waals surface area contributed by atoms with Gasteiger partial charge in [0.2, 0.25) is 0 Å². The summed E-state index contributed by atoms with van der Waals surface area (Å²) in [6, 6.07) is 9.89. The van der Waals surface area contributed by atoms with Gasteiger partial charge in [0.1, 0.15) is 17.1 Å². The quantitative estimate of drug-likeness (QED) is 0.441. The number of nitrogens with one attached hydrogen (secondary N) is 1. The number of alkyl halides is 3. The van der Waals surface area contributed by atoms with E-state index in [9.17, 15) is 22.8 Å². The molecule has 1 amide bonds. The first-order valence-electron chi connectivity index (χ1n) is 10.2. The largest absolute Gasteiger partial charge is 0.573 e. The monoisotopic (exact) mass is 447 g/mol. The third-order valence-corrected chi connectivity index (χ3v) is 5.19. The van der Waals surface area contributed by atoms with Crippen molar-refractivity contribution in [3.05, 3.63) is 64.0 Å². The van der Waals surface area contributed by atoms with Crippen LogP contribution < -0.4 is 20.4 Å². The highest BCUT2D eigenvalue weighted by Gasteiger charge is 2.31. The van der Waals surface area contributed by atoms with Gasteiger partial charge in [-0.2, -0.15) is 0 Å². The Labute approximate surface area is 180 Å². The van der Waals surface area contributed by atoms with Gasteiger partial charge in [0.25, 0.3) is 5.91 Å². The molecular formula is C23H20F3NO5. The maximum absolute atomic E-state index is 12.4. The van der Waals surface area contributed by atoms with Crippen LogP contribution in [0.1, 0.15) is 30.4 Å². The fourth-order valence-electron chi connectivity index (χ4n) is 3.78. The molecule has 32 heavy (non-hydrogen) atoms. The van der Waals surface area contributed by atoms with Gasteiger partial charge in [-0.05, 0) is 67.6 Å². The van der Waals surface area contributed by atoms with E-state index in [-0.39, 0.29) is 18.0 Å². The molecule has 1 heterocycles. The minimum Gasteiger partial charge on any atom is -0.484 e. The lowest BCUT2D eigenvalue weighted by molar-refractivity contribution is -0.274. The molecule has 1 aliphatic rings. The SMILES string of the molecule is O=C(COc1ccc2c3c(c(=O)oc2c1)CCCCC3)Nc1ccc(OC(F)(F)F)cc1. The smallest absolute Gasteiger partial charge is 0.484 e. The minimum atomic E-state index is -4.78. The molecule has 0 aliphatic heterocycles. The summed E-state index contributed by atoms with van der Waals surface area (Å²) in [5.74, 6) is -0.529. The molecular weight excluding hydrogens is 427 g/mol. The van der Waals surface area contributed by atoms with Crippen LogP contribution in [0.3, 0.4) is 0 Å². The number of benzene rings is 2. The van der Waals surface area contributed by atoms with E-state index in [0.29, 0.717) is 17.0 Å². The molecule has 9 heteroatoms. The summed E-state index contributed by atoms with van der Waals surface area (Å²) in [7, 11) is 0. The van der Waals surface area contributed by atoms with Crippen molar-refractivity contribution in [2.24, 2.45) is 0 Å². The molecule has 0 radical (unpaired) electrons. The first-order chi connectivity index (χ1) is 15.3. The molecule has 2 aromatic carbocycles. The lowest BCUT2D eigenvalue weighted by atomic mass is 10.0. The average Bonchev–Trinajstić information content (AvgIpc) is 2.99. The average molecular weight is 447 g/mol. The zero-order valence-electron chi connectivity index (χ0n) is 17.0. The van der Waals surface area contributed by atoms with Crippen LogP contribution in [-0.4, -0.2) is 18.9 Å². The lowest BCUT2D eigenvalue weighted by Crippen LogP contribution is -2.20. The number of fused-ring (bicyclic) bond motifs is 3. The van der Waals surface area contributed by atoms with Crippen molar-refractivity contribution in [2.75, 3.05) is 11.9 Å². The maximum atomic E-state index is 12.4. The fourth-order valence-corrected chi connectivity index (χ4v) is 3.78. The molecule has 1 aromatic heterocycles. The Morgan fingerprint density at radius 2 is 1.66 bits per heavy atom. The molecule has 4 rings (SSSR count). The van der Waals surface area contributed by atoms with Crippen molar-refractivity contribution in [3.8, 4) is 11.5 Å². The van der Waals surface area contributed by atoms with Gasteiger partial charge >= 0.3 is 12.0 Å². The Morgan fingerprint density at radius 3 is 2.38 bits per heavy atom. The molecule has 0 fully saturated rings. The first-order valence-corrected chi connectivity index (χ1v) is 10.2. The van der Waals surface area contributed by atoms with Gasteiger partial charge in [-0.3, -0.25) is 4.79 Å². The standard InChI is InChI=1S/C23H20F3NO5/c24-23(25,26)32-15-8-6-14(7-9-15)27-21(28)13-30-16-10-11-18-17-4-2-1-3-5-19(17)22(29)31-20(18)12-16/h6-12H,1-5,13H2,(H,27,28). The third kappa shape index (κ3) is 5.22. The molecule has 0 atom stereocenters. The first kappa shape index (κ1) is 21.7. The number of hydrogen-bond donors (Lipinski definition) is 1. The van der Waals surface area contributed by atoms with Gasteiger partial charge in [0, 0.05) is 22.7 Å². The number of carbonyl (C=O) groups excluding carboxylic acids is 1. The van der Waals surface area contributed by atoms with Gasteiger partial charge in [0.05, 0.1) is 0 Å². The third-order valence-electron chi connectivity index (χ3n) is 5.19. The van der Waals surface area contributed by atoms with Crippen LogP contribution in [0.2, 0.25) is 0 Å². The Hall–Kier alpha value is -3.49. The second-order valence-electron chi connectivity index (χ2n) is 7.47. The summed E-state index contributed by atoms with van der Waals surface area (Å²) in [5, 5.41) is 3.40. The summed E-state index contributed by atoms with van der Waals surface area (Å²) in [6.07, 6.45) is -0.173. The molecule has 0 saturated heterocycles. The topological polar surface area (TPSA) is 77.8 Å². The van der Waals surface area contributed by atoms with Crippen LogP contribution in [0.25, 0.3) is 11.0 Å². The van der Waals surface area contributed by atoms with Crippen molar-refractivity contribution < 1.29 is 31.9 Å².